The van der Waals surface area contributed by atoms with Crippen molar-refractivity contribution in [1.29, 1.82) is 5.26 Å². The van der Waals surface area contributed by atoms with Gasteiger partial charge in [-0.25, -0.2) is 8.42 Å². The lowest BCUT2D eigenvalue weighted by molar-refractivity contribution is 0.305. The van der Waals surface area contributed by atoms with Crippen molar-refractivity contribution in [3.8, 4) is 11.8 Å². The van der Waals surface area contributed by atoms with Gasteiger partial charge in [-0.1, -0.05) is 65.2 Å². The lowest BCUT2D eigenvalue weighted by atomic mass is 10.2. The topological polar surface area (TPSA) is 67.2 Å². The Labute approximate surface area is 185 Å². The second kappa shape index (κ2) is 9.36. The van der Waals surface area contributed by atoms with Gasteiger partial charge in [0.25, 0.3) is 0 Å². The van der Waals surface area contributed by atoms with E-state index in [1.54, 1.807) is 60.7 Å². The van der Waals surface area contributed by atoms with Crippen molar-refractivity contribution in [2.45, 2.75) is 18.4 Å². The van der Waals surface area contributed by atoms with Crippen LogP contribution in [-0.4, -0.2) is 8.42 Å². The number of nitriles is 1. The van der Waals surface area contributed by atoms with Gasteiger partial charge in [-0.3, -0.25) is 0 Å². The molecule has 0 aliphatic carbocycles. The molecule has 3 aromatic carbocycles. The Morgan fingerprint density at radius 3 is 2.43 bits per heavy atom. The molecule has 0 aliphatic heterocycles. The summed E-state index contributed by atoms with van der Waals surface area (Å²) in [7, 11) is -3.95. The maximum absolute atomic E-state index is 12.9. The predicted molar refractivity (Wildman–Crippen MR) is 119 cm³/mol. The van der Waals surface area contributed by atoms with Crippen LogP contribution in [0.2, 0.25) is 10.0 Å². The van der Waals surface area contributed by atoms with Crippen LogP contribution >= 0.6 is 23.2 Å². The number of ether oxygens (including phenoxy) is 1. The first-order valence-electron chi connectivity index (χ1n) is 8.90. The van der Waals surface area contributed by atoms with E-state index in [1.165, 1.54) is 18.2 Å². The molecule has 152 valence electrons. The van der Waals surface area contributed by atoms with Crippen LogP contribution < -0.4 is 4.74 Å². The molecular weight excluding hydrogens is 441 g/mol. The quantitative estimate of drug-likeness (QED) is 0.412. The molecule has 0 unspecified atom stereocenters. The van der Waals surface area contributed by atoms with Gasteiger partial charge in [-0.2, -0.15) is 5.26 Å². The standard InChI is InChI=1S/C23H17Cl2NO3S/c1-16-6-10-20(11-7-16)30(27,28)21(14-26)12-17-4-2-3-5-23(17)29-15-18-8-9-19(24)13-22(18)25/h2-13H,15H2,1H3. The number of nitrogens with zero attached hydrogens (tertiary/aromatic N) is 1. The second-order valence-electron chi connectivity index (χ2n) is 6.50. The molecule has 3 aromatic rings. The largest absolute Gasteiger partial charge is 0.488 e. The Balaban J connectivity index is 1.92. The number of sulfone groups is 1. The normalized spacial score (nSPS) is 11.7. The minimum Gasteiger partial charge on any atom is -0.488 e. The third-order valence-corrected chi connectivity index (χ3v) is 6.60. The molecule has 0 N–H and O–H groups in total. The number of benzene rings is 3. The summed E-state index contributed by atoms with van der Waals surface area (Å²) in [5.41, 5.74) is 2.12. The maximum Gasteiger partial charge on any atom is 0.216 e. The second-order valence-corrected chi connectivity index (χ2v) is 9.26. The van der Waals surface area contributed by atoms with Gasteiger partial charge in [0.05, 0.1) is 4.90 Å². The van der Waals surface area contributed by atoms with Gasteiger partial charge in [-0.15, -0.1) is 0 Å². The van der Waals surface area contributed by atoms with E-state index in [2.05, 4.69) is 0 Å². The zero-order valence-electron chi connectivity index (χ0n) is 16.0. The summed E-state index contributed by atoms with van der Waals surface area (Å²) >= 11 is 12.1. The van der Waals surface area contributed by atoms with E-state index < -0.39 is 9.84 Å². The highest BCUT2D eigenvalue weighted by atomic mass is 35.5. The molecule has 0 bridgehead atoms. The van der Waals surface area contributed by atoms with Crippen molar-refractivity contribution in [2.24, 2.45) is 0 Å². The van der Waals surface area contributed by atoms with Crippen LogP contribution in [0.4, 0.5) is 0 Å². The number of rotatable bonds is 6. The summed E-state index contributed by atoms with van der Waals surface area (Å²) in [4.78, 5) is -0.306. The molecule has 0 aromatic heterocycles. The molecule has 0 saturated heterocycles. The van der Waals surface area contributed by atoms with Gasteiger partial charge in [0.2, 0.25) is 9.84 Å². The van der Waals surface area contributed by atoms with Crippen LogP contribution in [-0.2, 0) is 16.4 Å². The fourth-order valence-electron chi connectivity index (χ4n) is 2.68. The van der Waals surface area contributed by atoms with E-state index in [9.17, 15) is 13.7 Å². The molecule has 0 spiro atoms. The molecule has 0 saturated carbocycles. The molecule has 0 atom stereocenters. The van der Waals surface area contributed by atoms with Gasteiger partial charge < -0.3 is 4.74 Å². The number of para-hydroxylation sites is 1. The van der Waals surface area contributed by atoms with E-state index in [-0.39, 0.29) is 16.4 Å². The molecule has 7 heteroatoms. The highest BCUT2D eigenvalue weighted by Gasteiger charge is 2.21. The molecule has 0 heterocycles. The molecule has 0 amide bonds. The van der Waals surface area contributed by atoms with Crippen molar-refractivity contribution in [2.75, 3.05) is 0 Å². The monoisotopic (exact) mass is 457 g/mol. The first-order chi connectivity index (χ1) is 14.3. The minimum atomic E-state index is -3.95. The van der Waals surface area contributed by atoms with E-state index in [4.69, 9.17) is 27.9 Å². The number of hydrogen-bond donors (Lipinski definition) is 0. The average molecular weight is 458 g/mol. The number of hydrogen-bond acceptors (Lipinski definition) is 4. The van der Waals surface area contributed by atoms with Crippen molar-refractivity contribution in [3.05, 3.63) is 98.4 Å². The number of halogens is 2. The zero-order chi connectivity index (χ0) is 21.7. The molecule has 0 fully saturated rings. The first kappa shape index (κ1) is 21.9. The Hall–Kier alpha value is -2.78. The lowest BCUT2D eigenvalue weighted by Crippen LogP contribution is -2.04. The van der Waals surface area contributed by atoms with Gasteiger partial charge in [0.1, 0.15) is 23.3 Å². The number of aryl methyl sites for hydroxylation is 1. The first-order valence-corrected chi connectivity index (χ1v) is 11.1. The Morgan fingerprint density at radius 1 is 1.07 bits per heavy atom. The lowest BCUT2D eigenvalue weighted by Gasteiger charge is -2.11. The average Bonchev–Trinajstić information content (AvgIpc) is 2.72. The summed E-state index contributed by atoms with van der Waals surface area (Å²) in [5, 5.41) is 10.5. The predicted octanol–water partition coefficient (Wildman–Crippen LogP) is 6.22. The van der Waals surface area contributed by atoms with E-state index >= 15 is 0 Å². The molecule has 0 aliphatic rings. The van der Waals surface area contributed by atoms with Crippen molar-refractivity contribution < 1.29 is 13.2 Å². The summed E-state index contributed by atoms with van der Waals surface area (Å²) < 4.78 is 31.6. The van der Waals surface area contributed by atoms with Crippen LogP contribution in [0.15, 0.2) is 76.5 Å². The molecule has 0 radical (unpaired) electrons. The van der Waals surface area contributed by atoms with Gasteiger partial charge in [0, 0.05) is 21.2 Å². The summed E-state index contributed by atoms with van der Waals surface area (Å²) in [6.07, 6.45) is 1.31. The van der Waals surface area contributed by atoms with Crippen LogP contribution in [0.1, 0.15) is 16.7 Å². The maximum atomic E-state index is 12.9. The van der Waals surface area contributed by atoms with E-state index in [0.717, 1.165) is 11.1 Å². The summed E-state index contributed by atoms with van der Waals surface area (Å²) in [6, 6.07) is 20.1. The molecular formula is C23H17Cl2NO3S. The number of allylic oxidation sites excluding steroid dienone is 1. The van der Waals surface area contributed by atoms with E-state index in [0.29, 0.717) is 21.4 Å². The Morgan fingerprint density at radius 2 is 1.77 bits per heavy atom. The third kappa shape index (κ3) is 5.03. The van der Waals surface area contributed by atoms with Crippen molar-refractivity contribution in [1.82, 2.24) is 0 Å². The minimum absolute atomic E-state index is 0.0623. The smallest absolute Gasteiger partial charge is 0.216 e. The third-order valence-electron chi connectivity index (χ3n) is 4.33. The van der Waals surface area contributed by atoms with Gasteiger partial charge >= 0.3 is 0 Å². The van der Waals surface area contributed by atoms with Crippen LogP contribution in [0, 0.1) is 18.3 Å². The zero-order valence-corrected chi connectivity index (χ0v) is 18.3. The van der Waals surface area contributed by atoms with Gasteiger partial charge in [-0.05, 0) is 43.3 Å². The van der Waals surface area contributed by atoms with Crippen LogP contribution in [0.5, 0.6) is 5.75 Å². The Bertz CT molecular complexity index is 1240. The molecule has 3 rings (SSSR count). The Kier molecular flexibility index (Phi) is 6.84. The highest BCUT2D eigenvalue weighted by molar-refractivity contribution is 7.95. The van der Waals surface area contributed by atoms with Crippen LogP contribution in [0.3, 0.4) is 0 Å². The fraction of sp³-hybridized carbons (Fsp3) is 0.0870. The molecule has 30 heavy (non-hydrogen) atoms. The van der Waals surface area contributed by atoms with E-state index in [1.807, 2.05) is 6.92 Å². The molecule has 4 nitrogen and oxygen atoms in total. The van der Waals surface area contributed by atoms with Crippen LogP contribution in [0.25, 0.3) is 6.08 Å². The SMILES string of the molecule is Cc1ccc(S(=O)(=O)C(C#N)=Cc2ccccc2OCc2ccc(Cl)cc2Cl)cc1. The van der Waals surface area contributed by atoms with Crippen molar-refractivity contribution >= 4 is 39.1 Å². The van der Waals surface area contributed by atoms with Gasteiger partial charge in [0.15, 0.2) is 0 Å². The highest BCUT2D eigenvalue weighted by Crippen LogP contribution is 2.28. The van der Waals surface area contributed by atoms with Crippen molar-refractivity contribution in [3.63, 3.8) is 0 Å². The summed E-state index contributed by atoms with van der Waals surface area (Å²) in [5.74, 6) is 0.426. The fourth-order valence-corrected chi connectivity index (χ4v) is 4.29. The summed E-state index contributed by atoms with van der Waals surface area (Å²) in [6.45, 7) is 2.02.